The van der Waals surface area contributed by atoms with E-state index in [1.165, 1.54) is 0 Å². The first-order valence-corrected chi connectivity index (χ1v) is 5.74. The van der Waals surface area contributed by atoms with Crippen LogP contribution in [0.2, 0.25) is 0 Å². The van der Waals surface area contributed by atoms with Gasteiger partial charge in [0.2, 0.25) is 0 Å². The van der Waals surface area contributed by atoms with Gasteiger partial charge in [0.15, 0.2) is 6.10 Å². The molecule has 0 amide bonds. The summed E-state index contributed by atoms with van der Waals surface area (Å²) < 4.78 is 14.1. The number of aliphatic hydroxyl groups is 4. The molecule has 0 spiro atoms. The first-order valence-electron chi connectivity index (χ1n) is 4.21. The van der Waals surface area contributed by atoms with Crippen LogP contribution in [0.3, 0.4) is 0 Å². The number of carboxylic acids is 1. The molecule has 4 atom stereocenters. The first-order chi connectivity index (χ1) is 7.56. The monoisotopic (exact) mass is 381 g/mol. The van der Waals surface area contributed by atoms with Gasteiger partial charge in [0, 0.05) is 88.7 Å². The predicted molar refractivity (Wildman–Crippen MR) is 74.1 cm³/mol. The zero-order chi connectivity index (χ0) is 13.8. The van der Waals surface area contributed by atoms with Gasteiger partial charge in [-0.05, 0) is 0 Å². The molecule has 3 radical (unpaired) electrons. The molecule has 0 aromatic carbocycles. The molecular weight excluding hydrogens is 364 g/mol. The van der Waals surface area contributed by atoms with Gasteiger partial charge in [-0.3, -0.25) is 4.52 Å². The van der Waals surface area contributed by atoms with E-state index in [1.54, 1.807) is 0 Å². The summed E-state index contributed by atoms with van der Waals surface area (Å²) in [5, 5.41) is 44.4. The number of hydrogen-bond acceptors (Lipinski definition) is 7. The van der Waals surface area contributed by atoms with E-state index in [1.807, 2.05) is 0 Å². The van der Waals surface area contributed by atoms with Crippen molar-refractivity contribution in [2.45, 2.75) is 24.4 Å². The summed E-state index contributed by atoms with van der Waals surface area (Å²) in [7, 11) is -4.86. The second-order valence-corrected chi connectivity index (χ2v) is 4.36. The second-order valence-electron chi connectivity index (χ2n) is 3.12. The molecule has 11 N–H and O–H groups in total. The fourth-order valence-corrected chi connectivity index (χ4v) is 1.18. The van der Waals surface area contributed by atoms with Crippen molar-refractivity contribution in [2.75, 3.05) is 6.61 Å². The minimum Gasteiger partial charge on any atom is -0.479 e. The van der Waals surface area contributed by atoms with Gasteiger partial charge >= 0.3 is 13.8 Å². The third kappa shape index (κ3) is 17.2. The van der Waals surface area contributed by atoms with Crippen LogP contribution < -0.4 is 0 Å². The molecule has 0 aliphatic rings. The predicted octanol–water partition coefficient (Wildman–Crippen LogP) is -6.17. The smallest absolute Gasteiger partial charge is 0.469 e. The van der Waals surface area contributed by atoms with Gasteiger partial charge in [-0.25, -0.2) is 9.36 Å². The Morgan fingerprint density at radius 3 is 1.59 bits per heavy atom. The minimum atomic E-state index is -4.86. The van der Waals surface area contributed by atoms with Crippen LogP contribution in [0.4, 0.5) is 0 Å². The number of carbonyl (C=O) groups is 1. The van der Waals surface area contributed by atoms with Gasteiger partial charge < -0.3 is 46.3 Å². The summed E-state index contributed by atoms with van der Waals surface area (Å²) in [5.41, 5.74) is 0. The molecule has 0 bridgehead atoms. The number of aliphatic hydroxyl groups excluding tert-OH is 4. The molecule has 0 heterocycles. The summed E-state index contributed by atoms with van der Waals surface area (Å²) in [5.74, 6) is -1.83. The van der Waals surface area contributed by atoms with E-state index >= 15 is 0 Å². The fraction of sp³-hybridized carbons (Fsp3) is 0.833. The maximum absolute atomic E-state index is 10.2. The molecule has 16 heteroatoms. The van der Waals surface area contributed by atoms with Gasteiger partial charge in [-0.1, -0.05) is 0 Å². The van der Waals surface area contributed by atoms with E-state index in [0.29, 0.717) is 0 Å². The third-order valence-electron chi connectivity index (χ3n) is 1.73. The van der Waals surface area contributed by atoms with E-state index in [2.05, 4.69) is 4.52 Å². The normalized spacial score (nSPS) is 15.0. The molecule has 0 aliphatic heterocycles. The molecule has 0 saturated heterocycles. The maximum Gasteiger partial charge on any atom is 0.469 e. The van der Waals surface area contributed by atoms with E-state index in [4.69, 9.17) is 35.3 Å². The van der Waals surface area contributed by atoms with Crippen LogP contribution in [0.25, 0.3) is 0 Å². The Morgan fingerprint density at radius 1 is 0.955 bits per heavy atom. The van der Waals surface area contributed by atoms with Crippen molar-refractivity contribution >= 4 is 102 Å². The van der Waals surface area contributed by atoms with Crippen LogP contribution in [0.5, 0.6) is 0 Å². The minimum absolute atomic E-state index is 0. The molecule has 0 saturated carbocycles. The molecule has 0 fully saturated rings. The van der Waals surface area contributed by atoms with Crippen molar-refractivity contribution < 1.29 is 60.2 Å². The molecule has 0 aliphatic carbocycles. The standard InChI is InChI=1S/C6H13O10P.3Na.2H2O/c7-2(1-16-17(13,14)15)3(8)4(9)5(10)6(11)12;;;;;/h2-5,7-10H,1H2,(H,11,12)(H2,13,14,15);;;;2*1H2. The van der Waals surface area contributed by atoms with E-state index in [0.717, 1.165) is 0 Å². The molecule has 0 aromatic rings. The summed E-state index contributed by atoms with van der Waals surface area (Å²) in [4.78, 5) is 26.8. The summed E-state index contributed by atoms with van der Waals surface area (Å²) >= 11 is 0. The van der Waals surface area contributed by atoms with Crippen LogP contribution in [-0.4, -0.2) is 172 Å². The van der Waals surface area contributed by atoms with Gasteiger partial charge in [-0.15, -0.1) is 0 Å². The van der Waals surface area contributed by atoms with Crippen molar-refractivity contribution in [1.82, 2.24) is 0 Å². The van der Waals surface area contributed by atoms with Crippen LogP contribution in [-0.2, 0) is 13.9 Å². The summed E-state index contributed by atoms with van der Waals surface area (Å²) in [6.45, 7) is -1.05. The van der Waals surface area contributed by atoms with E-state index in [9.17, 15) is 9.36 Å². The van der Waals surface area contributed by atoms with Crippen molar-refractivity contribution in [1.29, 1.82) is 0 Å². The van der Waals surface area contributed by atoms with Crippen LogP contribution in [0.1, 0.15) is 0 Å². The molecule has 22 heavy (non-hydrogen) atoms. The maximum atomic E-state index is 10.2. The number of phosphoric acid groups is 1. The zero-order valence-electron chi connectivity index (χ0n) is 12.3. The number of rotatable bonds is 7. The Labute approximate surface area is 191 Å². The van der Waals surface area contributed by atoms with Gasteiger partial charge in [0.25, 0.3) is 0 Å². The van der Waals surface area contributed by atoms with Gasteiger partial charge in [-0.2, -0.15) is 0 Å². The van der Waals surface area contributed by atoms with Crippen molar-refractivity contribution in [3.05, 3.63) is 0 Å². The first kappa shape index (κ1) is 39.4. The molecular formula is C6H17Na3O12P. The third-order valence-corrected chi connectivity index (χ3v) is 2.22. The largest absolute Gasteiger partial charge is 0.479 e. The average Bonchev–Trinajstić information content (AvgIpc) is 2.21. The molecule has 121 valence electrons. The quantitative estimate of drug-likeness (QED) is 0.162. The Morgan fingerprint density at radius 2 is 1.32 bits per heavy atom. The zero-order valence-corrected chi connectivity index (χ0v) is 19.2. The fourth-order valence-electron chi connectivity index (χ4n) is 0.833. The topological polar surface area (TPSA) is 248 Å². The Hall–Kier alpha value is 2.34. The van der Waals surface area contributed by atoms with Crippen molar-refractivity contribution in [3.63, 3.8) is 0 Å². The number of phosphoric ester groups is 1. The van der Waals surface area contributed by atoms with Crippen LogP contribution in [0.15, 0.2) is 0 Å². The van der Waals surface area contributed by atoms with Crippen LogP contribution in [0, 0.1) is 0 Å². The number of aliphatic carboxylic acids is 1. The van der Waals surface area contributed by atoms with Gasteiger partial charge in [0.05, 0.1) is 6.61 Å². The van der Waals surface area contributed by atoms with E-state index in [-0.39, 0.29) is 99.6 Å². The molecule has 4 unspecified atom stereocenters. The van der Waals surface area contributed by atoms with E-state index < -0.39 is 44.8 Å². The second kappa shape index (κ2) is 18.1. The average molecular weight is 381 g/mol. The SMILES string of the molecule is O.O.O=C(O)C(O)C(O)C(O)C(O)COP(=O)(O)O.[Na].[Na].[Na]. The van der Waals surface area contributed by atoms with Crippen molar-refractivity contribution in [2.24, 2.45) is 0 Å². The molecule has 0 aromatic heterocycles. The Balaban J connectivity index is -0.000000128. The number of hydrogen-bond donors (Lipinski definition) is 7. The Bertz CT molecular complexity index is 313. The van der Waals surface area contributed by atoms with Crippen molar-refractivity contribution in [3.8, 4) is 0 Å². The number of carboxylic acid groups (broad SMARTS) is 1. The summed E-state index contributed by atoms with van der Waals surface area (Å²) in [6.07, 6.45) is -8.71. The van der Waals surface area contributed by atoms with Crippen LogP contribution >= 0.6 is 7.82 Å². The van der Waals surface area contributed by atoms with Gasteiger partial charge in [0.1, 0.15) is 18.3 Å². The molecule has 0 rings (SSSR count). The Kier molecular flexibility index (Phi) is 32.5. The summed E-state index contributed by atoms with van der Waals surface area (Å²) in [6, 6.07) is 0. The molecule has 12 nitrogen and oxygen atoms in total.